The van der Waals surface area contributed by atoms with E-state index in [1.165, 1.54) is 9.13 Å². The smallest absolute Gasteiger partial charge is 0.263 e. The Kier molecular flexibility index (Phi) is 4.37. The minimum Gasteiger partial charge on any atom is -0.270 e. The predicted octanol–water partition coefficient (Wildman–Crippen LogP) is 2.58. The van der Waals surface area contributed by atoms with Crippen LogP contribution >= 0.6 is 0 Å². The number of nitrogens with zero attached hydrogens (tertiary/aromatic N) is 4. The summed E-state index contributed by atoms with van der Waals surface area (Å²) < 4.78 is 3.06. The third-order valence-corrected chi connectivity index (χ3v) is 3.88. The van der Waals surface area contributed by atoms with Crippen molar-refractivity contribution in [3.05, 3.63) is 71.8 Å². The minimum absolute atomic E-state index is 0.153. The van der Waals surface area contributed by atoms with Gasteiger partial charge in [0.1, 0.15) is 11.6 Å². The molecule has 6 nitrogen and oxygen atoms in total. The second-order valence-corrected chi connectivity index (χ2v) is 5.32. The standard InChI is InChI=1S/C18H18N4O2/c1-3-15-19-9-11-21(15)17(23)13-5-7-14(8-6-13)18(24)22-12-10-20-16(22)4-2/h5-12H,3-4H2,1-2H3. The van der Waals surface area contributed by atoms with E-state index in [-0.39, 0.29) is 11.8 Å². The number of imidazole rings is 2. The van der Waals surface area contributed by atoms with Crippen molar-refractivity contribution in [3.8, 4) is 0 Å². The molecule has 0 aliphatic heterocycles. The van der Waals surface area contributed by atoms with Gasteiger partial charge in [-0.15, -0.1) is 0 Å². The monoisotopic (exact) mass is 322 g/mol. The predicted molar refractivity (Wildman–Crippen MR) is 89.1 cm³/mol. The summed E-state index contributed by atoms with van der Waals surface area (Å²) in [5, 5.41) is 0. The highest BCUT2D eigenvalue weighted by Gasteiger charge is 2.15. The van der Waals surface area contributed by atoms with Crippen molar-refractivity contribution < 1.29 is 9.59 Å². The summed E-state index contributed by atoms with van der Waals surface area (Å²) in [5.41, 5.74) is 1.03. The van der Waals surface area contributed by atoms with Gasteiger partial charge in [0.2, 0.25) is 0 Å². The third-order valence-electron chi connectivity index (χ3n) is 3.88. The molecule has 0 aliphatic rings. The van der Waals surface area contributed by atoms with Gasteiger partial charge in [0.05, 0.1) is 0 Å². The largest absolute Gasteiger partial charge is 0.270 e. The van der Waals surface area contributed by atoms with Crippen LogP contribution in [0.2, 0.25) is 0 Å². The lowest BCUT2D eigenvalue weighted by molar-refractivity contribution is 0.0945. The van der Waals surface area contributed by atoms with Crippen molar-refractivity contribution >= 4 is 11.8 Å². The number of hydrogen-bond donors (Lipinski definition) is 0. The van der Waals surface area contributed by atoms with Gasteiger partial charge in [0, 0.05) is 48.8 Å². The van der Waals surface area contributed by atoms with Gasteiger partial charge in [0.25, 0.3) is 11.8 Å². The van der Waals surface area contributed by atoms with E-state index in [1.54, 1.807) is 49.1 Å². The van der Waals surface area contributed by atoms with Gasteiger partial charge in [-0.1, -0.05) is 13.8 Å². The Bertz CT molecular complexity index is 801. The molecule has 3 rings (SSSR count). The molecule has 2 heterocycles. The minimum atomic E-state index is -0.153. The fourth-order valence-corrected chi connectivity index (χ4v) is 2.60. The maximum Gasteiger partial charge on any atom is 0.263 e. The Morgan fingerprint density at radius 1 is 0.792 bits per heavy atom. The topological polar surface area (TPSA) is 69.8 Å². The summed E-state index contributed by atoms with van der Waals surface area (Å²) >= 11 is 0. The Morgan fingerprint density at radius 2 is 1.17 bits per heavy atom. The summed E-state index contributed by atoms with van der Waals surface area (Å²) in [4.78, 5) is 33.4. The lowest BCUT2D eigenvalue weighted by Crippen LogP contribution is -2.16. The summed E-state index contributed by atoms with van der Waals surface area (Å²) in [5.74, 6) is 1.12. The van der Waals surface area contributed by atoms with Crippen molar-refractivity contribution in [1.82, 2.24) is 19.1 Å². The molecule has 0 saturated carbocycles. The molecule has 3 aromatic rings. The molecular weight excluding hydrogens is 304 g/mol. The highest BCUT2D eigenvalue weighted by molar-refractivity contribution is 5.99. The Hall–Kier alpha value is -3.02. The van der Waals surface area contributed by atoms with Gasteiger partial charge in [-0.05, 0) is 24.3 Å². The highest BCUT2D eigenvalue weighted by Crippen LogP contribution is 2.11. The van der Waals surface area contributed by atoms with Crippen molar-refractivity contribution in [2.75, 3.05) is 0 Å². The average molecular weight is 322 g/mol. The number of carbonyl (C=O) groups is 2. The molecule has 0 amide bonds. The van der Waals surface area contributed by atoms with Gasteiger partial charge in [-0.25, -0.2) is 9.97 Å². The molecule has 0 bridgehead atoms. The van der Waals surface area contributed by atoms with E-state index >= 15 is 0 Å². The molecule has 0 N–H and O–H groups in total. The first kappa shape index (κ1) is 15.9. The molecule has 6 heteroatoms. The Balaban J connectivity index is 1.86. The summed E-state index contributed by atoms with van der Waals surface area (Å²) in [6.45, 7) is 3.90. The van der Waals surface area contributed by atoms with Crippen molar-refractivity contribution in [1.29, 1.82) is 0 Å². The molecular formula is C18H18N4O2. The zero-order valence-corrected chi connectivity index (χ0v) is 13.6. The van der Waals surface area contributed by atoms with E-state index in [9.17, 15) is 9.59 Å². The van der Waals surface area contributed by atoms with Gasteiger partial charge in [0.15, 0.2) is 0 Å². The molecule has 1 aromatic carbocycles. The maximum atomic E-state index is 12.5. The zero-order valence-electron chi connectivity index (χ0n) is 13.6. The lowest BCUT2D eigenvalue weighted by Gasteiger charge is -2.07. The first-order valence-electron chi connectivity index (χ1n) is 7.89. The van der Waals surface area contributed by atoms with Crippen molar-refractivity contribution in [2.45, 2.75) is 26.7 Å². The molecule has 0 spiro atoms. The molecule has 0 unspecified atom stereocenters. The lowest BCUT2D eigenvalue weighted by atomic mass is 10.1. The molecule has 122 valence electrons. The van der Waals surface area contributed by atoms with E-state index in [1.807, 2.05) is 13.8 Å². The summed E-state index contributed by atoms with van der Waals surface area (Å²) in [6, 6.07) is 6.66. The SMILES string of the molecule is CCc1nccn1C(=O)c1ccc(C(=O)n2ccnc2CC)cc1. The van der Waals surface area contributed by atoms with Crippen LogP contribution in [-0.4, -0.2) is 30.9 Å². The highest BCUT2D eigenvalue weighted by atomic mass is 16.2. The number of rotatable bonds is 4. The summed E-state index contributed by atoms with van der Waals surface area (Å²) in [6.07, 6.45) is 7.88. The van der Waals surface area contributed by atoms with Crippen LogP contribution in [0, 0.1) is 0 Å². The van der Waals surface area contributed by atoms with Gasteiger partial charge in [-0.2, -0.15) is 0 Å². The first-order valence-corrected chi connectivity index (χ1v) is 7.89. The Morgan fingerprint density at radius 3 is 1.50 bits per heavy atom. The van der Waals surface area contributed by atoms with E-state index in [0.717, 1.165) is 0 Å². The quantitative estimate of drug-likeness (QED) is 0.740. The van der Waals surface area contributed by atoms with Crippen LogP contribution in [0.3, 0.4) is 0 Å². The van der Waals surface area contributed by atoms with Crippen molar-refractivity contribution in [2.24, 2.45) is 0 Å². The van der Waals surface area contributed by atoms with Crippen LogP contribution in [0.1, 0.15) is 46.2 Å². The third kappa shape index (κ3) is 2.78. The molecule has 0 saturated heterocycles. The molecule has 0 atom stereocenters. The maximum absolute atomic E-state index is 12.5. The molecule has 2 aromatic heterocycles. The van der Waals surface area contributed by atoms with Gasteiger partial charge < -0.3 is 0 Å². The fraction of sp³-hybridized carbons (Fsp3) is 0.222. The van der Waals surface area contributed by atoms with Crippen LogP contribution in [0.15, 0.2) is 49.1 Å². The number of aryl methyl sites for hydroxylation is 2. The first-order chi connectivity index (χ1) is 11.7. The van der Waals surface area contributed by atoms with E-state index in [4.69, 9.17) is 0 Å². The van der Waals surface area contributed by atoms with Crippen LogP contribution in [0.4, 0.5) is 0 Å². The van der Waals surface area contributed by atoms with Crippen LogP contribution in [0.5, 0.6) is 0 Å². The van der Waals surface area contributed by atoms with Gasteiger partial charge in [-0.3, -0.25) is 18.7 Å². The summed E-state index contributed by atoms with van der Waals surface area (Å²) in [7, 11) is 0. The average Bonchev–Trinajstić information content (AvgIpc) is 3.29. The van der Waals surface area contributed by atoms with Crippen LogP contribution < -0.4 is 0 Å². The normalized spacial score (nSPS) is 10.8. The number of benzene rings is 1. The van der Waals surface area contributed by atoms with Gasteiger partial charge >= 0.3 is 0 Å². The number of carbonyl (C=O) groups excluding carboxylic acids is 2. The molecule has 0 aliphatic carbocycles. The molecule has 0 radical (unpaired) electrons. The van der Waals surface area contributed by atoms with E-state index in [0.29, 0.717) is 35.6 Å². The van der Waals surface area contributed by atoms with E-state index < -0.39 is 0 Å². The zero-order chi connectivity index (χ0) is 17.1. The number of aromatic nitrogens is 4. The second kappa shape index (κ2) is 6.62. The molecule has 0 fully saturated rings. The van der Waals surface area contributed by atoms with Crippen LogP contribution in [-0.2, 0) is 12.8 Å². The fourth-order valence-electron chi connectivity index (χ4n) is 2.60. The van der Waals surface area contributed by atoms with E-state index in [2.05, 4.69) is 9.97 Å². The second-order valence-electron chi connectivity index (χ2n) is 5.32. The van der Waals surface area contributed by atoms with Crippen LogP contribution in [0.25, 0.3) is 0 Å². The molecule has 24 heavy (non-hydrogen) atoms. The number of hydrogen-bond acceptors (Lipinski definition) is 4. The Labute approximate surface area is 139 Å². The van der Waals surface area contributed by atoms with Crippen molar-refractivity contribution in [3.63, 3.8) is 0 Å².